The highest BCUT2D eigenvalue weighted by molar-refractivity contribution is 4.92. The zero-order valence-electron chi connectivity index (χ0n) is 6.88. The lowest BCUT2D eigenvalue weighted by atomic mass is 10.0. The van der Waals surface area contributed by atoms with Gasteiger partial charge >= 0.3 is 0 Å². The van der Waals surface area contributed by atoms with Gasteiger partial charge in [-0.15, -0.1) is 0 Å². The van der Waals surface area contributed by atoms with Crippen molar-refractivity contribution in [3.8, 4) is 12.1 Å². The maximum absolute atomic E-state index is 8.54. The molecular formula is C9H13N2. The van der Waals surface area contributed by atoms with Gasteiger partial charge in [-0.2, -0.15) is 10.5 Å². The van der Waals surface area contributed by atoms with Crippen LogP contribution in [0.1, 0.15) is 32.6 Å². The Bertz CT molecular complexity index is 161. The Kier molecular flexibility index (Phi) is 6.43. The van der Waals surface area contributed by atoms with Gasteiger partial charge in [-0.3, -0.25) is 0 Å². The molecule has 0 aliphatic rings. The van der Waals surface area contributed by atoms with E-state index in [0.29, 0.717) is 6.42 Å². The molecule has 59 valence electrons. The molecule has 0 spiro atoms. The Morgan fingerprint density at radius 3 is 2.64 bits per heavy atom. The van der Waals surface area contributed by atoms with Crippen LogP contribution in [-0.4, -0.2) is 0 Å². The molecule has 0 aliphatic heterocycles. The van der Waals surface area contributed by atoms with Crippen molar-refractivity contribution in [1.82, 2.24) is 0 Å². The predicted octanol–water partition coefficient (Wildman–Crippen LogP) is 2.43. The highest BCUT2D eigenvalue weighted by atomic mass is 14.3. The number of hydrogen-bond acceptors (Lipinski definition) is 2. The van der Waals surface area contributed by atoms with Gasteiger partial charge in [0.15, 0.2) is 0 Å². The number of unbranched alkanes of at least 4 members (excludes halogenated alkanes) is 2. The zero-order chi connectivity index (χ0) is 8.53. The van der Waals surface area contributed by atoms with Crippen LogP contribution in [0.25, 0.3) is 0 Å². The van der Waals surface area contributed by atoms with Crippen molar-refractivity contribution < 1.29 is 0 Å². The summed E-state index contributed by atoms with van der Waals surface area (Å²) in [7, 11) is 0. The fourth-order valence-corrected chi connectivity index (χ4v) is 0.811. The molecular weight excluding hydrogens is 136 g/mol. The number of nitriles is 2. The normalized spacial score (nSPS) is 11.5. The van der Waals surface area contributed by atoms with Gasteiger partial charge in [0.25, 0.3) is 0 Å². The van der Waals surface area contributed by atoms with Crippen LogP contribution in [0, 0.1) is 35.0 Å². The summed E-state index contributed by atoms with van der Waals surface area (Å²) in [6.45, 7) is 1.99. The molecule has 0 aromatic heterocycles. The highest BCUT2D eigenvalue weighted by Crippen LogP contribution is 2.10. The standard InChI is InChI=1S/C9H13N2/c1-2-9(8-11)6-4-3-5-7-10/h6,9H,2-5H2,1H3. The van der Waals surface area contributed by atoms with Gasteiger partial charge < -0.3 is 0 Å². The molecule has 0 saturated carbocycles. The van der Waals surface area contributed by atoms with E-state index in [-0.39, 0.29) is 5.92 Å². The molecule has 2 heteroatoms. The van der Waals surface area contributed by atoms with E-state index in [9.17, 15) is 0 Å². The van der Waals surface area contributed by atoms with Crippen LogP contribution in [0.15, 0.2) is 0 Å². The Balaban J connectivity index is 3.25. The van der Waals surface area contributed by atoms with E-state index in [1.54, 1.807) is 0 Å². The lowest BCUT2D eigenvalue weighted by molar-refractivity contribution is 0.669. The summed E-state index contributed by atoms with van der Waals surface area (Å²) in [6, 6.07) is 4.26. The maximum Gasteiger partial charge on any atom is 0.0658 e. The van der Waals surface area contributed by atoms with E-state index in [1.807, 2.05) is 13.3 Å². The number of hydrogen-bond donors (Lipinski definition) is 0. The van der Waals surface area contributed by atoms with E-state index < -0.39 is 0 Å². The summed E-state index contributed by atoms with van der Waals surface area (Å²) in [5.74, 6) is 0.0775. The van der Waals surface area contributed by atoms with Crippen molar-refractivity contribution in [3.63, 3.8) is 0 Å². The molecule has 0 aromatic rings. The smallest absolute Gasteiger partial charge is 0.0658 e. The maximum atomic E-state index is 8.54. The molecule has 2 nitrogen and oxygen atoms in total. The fourth-order valence-electron chi connectivity index (χ4n) is 0.811. The lowest BCUT2D eigenvalue weighted by Gasteiger charge is -2.02. The van der Waals surface area contributed by atoms with Crippen molar-refractivity contribution in [2.45, 2.75) is 32.6 Å². The van der Waals surface area contributed by atoms with E-state index in [2.05, 4.69) is 12.1 Å². The van der Waals surface area contributed by atoms with E-state index in [4.69, 9.17) is 10.5 Å². The molecule has 0 bridgehead atoms. The fraction of sp³-hybridized carbons (Fsp3) is 0.667. The van der Waals surface area contributed by atoms with Gasteiger partial charge in [-0.05, 0) is 25.7 Å². The zero-order valence-corrected chi connectivity index (χ0v) is 6.88. The first-order valence-electron chi connectivity index (χ1n) is 3.95. The molecule has 0 heterocycles. The highest BCUT2D eigenvalue weighted by Gasteiger charge is 2.02. The topological polar surface area (TPSA) is 47.6 Å². The van der Waals surface area contributed by atoms with Crippen molar-refractivity contribution in [1.29, 1.82) is 10.5 Å². The second-order valence-electron chi connectivity index (χ2n) is 2.43. The van der Waals surface area contributed by atoms with Crippen molar-refractivity contribution in [2.75, 3.05) is 0 Å². The largest absolute Gasteiger partial charge is 0.198 e. The lowest BCUT2D eigenvalue weighted by Crippen LogP contribution is -1.95. The van der Waals surface area contributed by atoms with Gasteiger partial charge in [0, 0.05) is 12.3 Å². The van der Waals surface area contributed by atoms with E-state index >= 15 is 0 Å². The first-order chi connectivity index (χ1) is 5.35. The molecule has 0 saturated heterocycles. The summed E-state index contributed by atoms with van der Waals surface area (Å²) in [6.07, 6.45) is 5.24. The van der Waals surface area contributed by atoms with Crippen LogP contribution >= 0.6 is 0 Å². The predicted molar refractivity (Wildman–Crippen MR) is 43.2 cm³/mol. The molecule has 0 amide bonds. The van der Waals surface area contributed by atoms with Crippen molar-refractivity contribution >= 4 is 0 Å². The van der Waals surface area contributed by atoms with Crippen LogP contribution in [0.2, 0.25) is 0 Å². The van der Waals surface area contributed by atoms with Gasteiger partial charge in [-0.1, -0.05) is 6.92 Å². The molecule has 0 aromatic carbocycles. The van der Waals surface area contributed by atoms with E-state index in [1.165, 1.54) is 0 Å². The molecule has 1 atom stereocenters. The van der Waals surface area contributed by atoms with Crippen LogP contribution in [0.3, 0.4) is 0 Å². The summed E-state index contributed by atoms with van der Waals surface area (Å²) >= 11 is 0. The van der Waals surface area contributed by atoms with Crippen LogP contribution in [0.4, 0.5) is 0 Å². The second kappa shape index (κ2) is 7.09. The Morgan fingerprint density at radius 2 is 2.18 bits per heavy atom. The Hall–Kier alpha value is -1.02. The summed E-state index contributed by atoms with van der Waals surface area (Å²) < 4.78 is 0. The van der Waals surface area contributed by atoms with Gasteiger partial charge in [-0.25, -0.2) is 0 Å². The van der Waals surface area contributed by atoms with E-state index in [0.717, 1.165) is 19.3 Å². The van der Waals surface area contributed by atoms with Crippen molar-refractivity contribution in [3.05, 3.63) is 6.42 Å². The Morgan fingerprint density at radius 1 is 1.45 bits per heavy atom. The van der Waals surface area contributed by atoms with Crippen molar-refractivity contribution in [2.24, 2.45) is 5.92 Å². The third kappa shape index (κ3) is 5.43. The summed E-state index contributed by atoms with van der Waals surface area (Å²) in [5, 5.41) is 16.8. The third-order valence-electron chi connectivity index (χ3n) is 1.55. The average molecular weight is 149 g/mol. The minimum absolute atomic E-state index is 0.0775. The number of rotatable bonds is 5. The molecule has 0 rings (SSSR count). The quantitative estimate of drug-likeness (QED) is 0.563. The van der Waals surface area contributed by atoms with Gasteiger partial charge in [0.1, 0.15) is 0 Å². The van der Waals surface area contributed by atoms with Crippen LogP contribution in [0.5, 0.6) is 0 Å². The SMILES string of the molecule is CCC(C#N)[CH]CCCC#N. The second-order valence-corrected chi connectivity index (χ2v) is 2.43. The first-order valence-corrected chi connectivity index (χ1v) is 3.95. The average Bonchev–Trinajstić information content (AvgIpc) is 2.05. The Labute approximate surface area is 68.4 Å². The molecule has 11 heavy (non-hydrogen) atoms. The van der Waals surface area contributed by atoms with Gasteiger partial charge in [0.05, 0.1) is 12.1 Å². The van der Waals surface area contributed by atoms with Gasteiger partial charge in [0.2, 0.25) is 0 Å². The summed E-state index contributed by atoms with van der Waals surface area (Å²) in [5.41, 5.74) is 0. The third-order valence-corrected chi connectivity index (χ3v) is 1.55. The molecule has 0 fully saturated rings. The minimum Gasteiger partial charge on any atom is -0.198 e. The number of nitrogens with zero attached hydrogens (tertiary/aromatic N) is 2. The van der Waals surface area contributed by atoms with Crippen LogP contribution in [-0.2, 0) is 0 Å². The summed E-state index contributed by atoms with van der Waals surface area (Å²) in [4.78, 5) is 0. The molecule has 1 unspecified atom stereocenters. The minimum atomic E-state index is 0.0775. The monoisotopic (exact) mass is 149 g/mol. The van der Waals surface area contributed by atoms with Crippen LogP contribution < -0.4 is 0 Å². The molecule has 0 aliphatic carbocycles. The molecule has 1 radical (unpaired) electrons. The first kappa shape index (κ1) is 9.98. The molecule has 0 N–H and O–H groups in total.